The molecular weight excluding hydrogens is 202 g/mol. The quantitative estimate of drug-likeness (QED) is 0.776. The fraction of sp³-hybridized carbons (Fsp3) is 0.462. The van der Waals surface area contributed by atoms with Gasteiger partial charge in [-0.1, -0.05) is 26.0 Å². The van der Waals surface area contributed by atoms with E-state index in [-0.39, 0.29) is 11.8 Å². The third kappa shape index (κ3) is 1.56. The molecule has 0 N–H and O–H groups in total. The minimum atomic E-state index is -0.266. The molecule has 2 aromatic rings. The van der Waals surface area contributed by atoms with Crippen LogP contribution in [0.1, 0.15) is 45.2 Å². The molecule has 0 amide bonds. The normalized spacial score (nSPS) is 11.9. The van der Waals surface area contributed by atoms with Gasteiger partial charge in [0, 0.05) is 6.04 Å². The van der Waals surface area contributed by atoms with Crippen molar-refractivity contribution in [2.24, 2.45) is 0 Å². The smallest absolute Gasteiger partial charge is 0.407 e. The number of nitrogens with zero attached hydrogens (tertiary/aromatic N) is 1. The zero-order valence-corrected chi connectivity index (χ0v) is 10.2. The highest BCUT2D eigenvalue weighted by molar-refractivity contribution is 5.77. The summed E-state index contributed by atoms with van der Waals surface area (Å²) in [4.78, 5) is 11.8. The summed E-state index contributed by atoms with van der Waals surface area (Å²) < 4.78 is 7.06. The van der Waals surface area contributed by atoms with Gasteiger partial charge in [0.15, 0.2) is 5.58 Å². The first-order valence-electron chi connectivity index (χ1n) is 5.66. The Balaban J connectivity index is 2.83. The standard InChI is InChI=1S/C13H17NO2/c1-8(2)10-6-5-7-11-12(10)16-13(15)14(11)9(3)4/h5-9H,1-4H3. The first-order chi connectivity index (χ1) is 7.52. The van der Waals surface area contributed by atoms with Crippen LogP contribution in [0.3, 0.4) is 0 Å². The average Bonchev–Trinajstić information content (AvgIpc) is 2.52. The molecule has 3 nitrogen and oxygen atoms in total. The second-order valence-electron chi connectivity index (χ2n) is 4.68. The lowest BCUT2D eigenvalue weighted by Gasteiger charge is -2.07. The van der Waals surface area contributed by atoms with Gasteiger partial charge in [-0.15, -0.1) is 0 Å². The van der Waals surface area contributed by atoms with E-state index in [1.165, 1.54) is 0 Å². The molecule has 0 saturated carbocycles. The van der Waals surface area contributed by atoms with E-state index in [2.05, 4.69) is 13.8 Å². The lowest BCUT2D eigenvalue weighted by Crippen LogP contribution is -2.15. The van der Waals surface area contributed by atoms with Gasteiger partial charge in [-0.3, -0.25) is 4.57 Å². The number of hydrogen-bond acceptors (Lipinski definition) is 2. The van der Waals surface area contributed by atoms with Crippen LogP contribution in [0.4, 0.5) is 0 Å². The maximum Gasteiger partial charge on any atom is 0.420 e. The van der Waals surface area contributed by atoms with E-state index in [4.69, 9.17) is 4.42 Å². The minimum absolute atomic E-state index is 0.121. The monoisotopic (exact) mass is 219 g/mol. The van der Waals surface area contributed by atoms with Crippen molar-refractivity contribution in [2.75, 3.05) is 0 Å². The van der Waals surface area contributed by atoms with Gasteiger partial charge in [-0.2, -0.15) is 0 Å². The summed E-state index contributed by atoms with van der Waals surface area (Å²) in [7, 11) is 0. The van der Waals surface area contributed by atoms with Crippen molar-refractivity contribution in [3.8, 4) is 0 Å². The summed E-state index contributed by atoms with van der Waals surface area (Å²) in [6, 6.07) is 6.05. The molecule has 0 radical (unpaired) electrons. The minimum Gasteiger partial charge on any atom is -0.407 e. The van der Waals surface area contributed by atoms with E-state index in [1.807, 2.05) is 32.0 Å². The van der Waals surface area contributed by atoms with E-state index in [9.17, 15) is 4.79 Å². The topological polar surface area (TPSA) is 35.1 Å². The summed E-state index contributed by atoms with van der Waals surface area (Å²) in [5.41, 5.74) is 2.72. The van der Waals surface area contributed by atoms with E-state index < -0.39 is 0 Å². The second-order valence-corrected chi connectivity index (χ2v) is 4.68. The van der Waals surface area contributed by atoms with Crippen LogP contribution >= 0.6 is 0 Å². The SMILES string of the molecule is CC(C)c1cccc2c1oc(=O)n2C(C)C. The molecule has 0 atom stereocenters. The molecule has 0 fully saturated rings. The predicted molar refractivity (Wildman–Crippen MR) is 64.9 cm³/mol. The van der Waals surface area contributed by atoms with Crippen LogP contribution < -0.4 is 5.76 Å². The van der Waals surface area contributed by atoms with Crippen molar-refractivity contribution in [1.82, 2.24) is 4.57 Å². The van der Waals surface area contributed by atoms with Crippen LogP contribution in [-0.4, -0.2) is 4.57 Å². The summed E-state index contributed by atoms with van der Waals surface area (Å²) in [6.45, 7) is 8.17. The maximum atomic E-state index is 11.8. The largest absolute Gasteiger partial charge is 0.420 e. The zero-order chi connectivity index (χ0) is 11.9. The van der Waals surface area contributed by atoms with Gasteiger partial charge in [0.1, 0.15) is 0 Å². The molecule has 0 aliphatic rings. The Hall–Kier alpha value is -1.51. The van der Waals surface area contributed by atoms with E-state index in [1.54, 1.807) is 4.57 Å². The number of aromatic nitrogens is 1. The van der Waals surface area contributed by atoms with Crippen molar-refractivity contribution in [3.05, 3.63) is 34.3 Å². The molecule has 2 rings (SSSR count). The van der Waals surface area contributed by atoms with Gasteiger partial charge in [0.2, 0.25) is 0 Å². The molecule has 3 heteroatoms. The van der Waals surface area contributed by atoms with Gasteiger partial charge in [0.05, 0.1) is 5.52 Å². The van der Waals surface area contributed by atoms with Crippen LogP contribution in [0.5, 0.6) is 0 Å². The highest BCUT2D eigenvalue weighted by Gasteiger charge is 2.15. The lowest BCUT2D eigenvalue weighted by atomic mass is 10.0. The van der Waals surface area contributed by atoms with E-state index in [0.717, 1.165) is 16.7 Å². The number of oxazole rings is 1. The van der Waals surface area contributed by atoms with Crippen LogP contribution in [0.15, 0.2) is 27.4 Å². The van der Waals surface area contributed by atoms with Crippen molar-refractivity contribution >= 4 is 11.1 Å². The summed E-state index contributed by atoms with van der Waals surface area (Å²) in [6.07, 6.45) is 0. The Bertz CT molecular complexity index is 561. The van der Waals surface area contributed by atoms with Gasteiger partial charge in [-0.05, 0) is 31.4 Å². The van der Waals surface area contributed by atoms with Crippen LogP contribution in [0, 0.1) is 0 Å². The van der Waals surface area contributed by atoms with Gasteiger partial charge < -0.3 is 4.42 Å². The molecule has 1 aromatic carbocycles. The first-order valence-corrected chi connectivity index (χ1v) is 5.66. The third-order valence-corrected chi connectivity index (χ3v) is 2.81. The average molecular weight is 219 g/mol. The molecule has 86 valence electrons. The van der Waals surface area contributed by atoms with Gasteiger partial charge >= 0.3 is 5.76 Å². The molecule has 0 aliphatic heterocycles. The Morgan fingerprint density at radius 1 is 1.19 bits per heavy atom. The number of hydrogen-bond donors (Lipinski definition) is 0. The Morgan fingerprint density at radius 2 is 1.88 bits per heavy atom. The molecule has 1 heterocycles. The van der Waals surface area contributed by atoms with Crippen LogP contribution in [-0.2, 0) is 0 Å². The summed E-state index contributed by atoms with van der Waals surface area (Å²) in [5, 5.41) is 0. The third-order valence-electron chi connectivity index (χ3n) is 2.81. The van der Waals surface area contributed by atoms with Crippen LogP contribution in [0.2, 0.25) is 0 Å². The van der Waals surface area contributed by atoms with Crippen molar-refractivity contribution in [1.29, 1.82) is 0 Å². The molecule has 0 spiro atoms. The second kappa shape index (κ2) is 3.81. The molecule has 0 bridgehead atoms. The molecule has 0 aliphatic carbocycles. The van der Waals surface area contributed by atoms with Gasteiger partial charge in [-0.25, -0.2) is 4.79 Å². The molecule has 1 aromatic heterocycles. The van der Waals surface area contributed by atoms with Crippen LogP contribution in [0.25, 0.3) is 11.1 Å². The predicted octanol–water partition coefficient (Wildman–Crippen LogP) is 3.30. The summed E-state index contributed by atoms with van der Waals surface area (Å²) >= 11 is 0. The highest BCUT2D eigenvalue weighted by Crippen LogP contribution is 2.25. The fourth-order valence-electron chi connectivity index (χ4n) is 2.02. The summed E-state index contributed by atoms with van der Waals surface area (Å²) in [5.74, 6) is 0.0907. The van der Waals surface area contributed by atoms with Gasteiger partial charge in [0.25, 0.3) is 0 Å². The molecular formula is C13H17NO2. The maximum absolute atomic E-state index is 11.8. The molecule has 0 saturated heterocycles. The number of para-hydroxylation sites is 1. The Morgan fingerprint density at radius 3 is 2.44 bits per heavy atom. The molecule has 0 unspecified atom stereocenters. The highest BCUT2D eigenvalue weighted by atomic mass is 16.4. The van der Waals surface area contributed by atoms with Crippen molar-refractivity contribution < 1.29 is 4.42 Å². The van der Waals surface area contributed by atoms with E-state index in [0.29, 0.717) is 5.92 Å². The fourth-order valence-corrected chi connectivity index (χ4v) is 2.02. The Labute approximate surface area is 94.7 Å². The first kappa shape index (κ1) is 11.0. The number of fused-ring (bicyclic) bond motifs is 1. The molecule has 16 heavy (non-hydrogen) atoms. The number of benzene rings is 1. The number of rotatable bonds is 2. The lowest BCUT2D eigenvalue weighted by molar-refractivity contribution is 0.476. The van der Waals surface area contributed by atoms with Crippen molar-refractivity contribution in [2.45, 2.75) is 39.7 Å². The Kier molecular flexibility index (Phi) is 2.62. The van der Waals surface area contributed by atoms with Crippen molar-refractivity contribution in [3.63, 3.8) is 0 Å². The van der Waals surface area contributed by atoms with E-state index >= 15 is 0 Å². The zero-order valence-electron chi connectivity index (χ0n) is 10.2.